The van der Waals surface area contributed by atoms with E-state index in [0.29, 0.717) is 17.7 Å². The highest BCUT2D eigenvalue weighted by Crippen LogP contribution is 2.35. The number of allylic oxidation sites excluding steroid dienone is 2. The van der Waals surface area contributed by atoms with Gasteiger partial charge in [-0.25, -0.2) is 0 Å². The molecule has 0 atom stereocenters. The molecule has 2 aliphatic heterocycles. The van der Waals surface area contributed by atoms with Gasteiger partial charge in [0.1, 0.15) is 5.75 Å². The summed E-state index contributed by atoms with van der Waals surface area (Å²) >= 11 is 1.49. The smallest absolute Gasteiger partial charge is 0.226 e. The summed E-state index contributed by atoms with van der Waals surface area (Å²) in [5.41, 5.74) is 8.06. The van der Waals surface area contributed by atoms with Crippen molar-refractivity contribution in [2.75, 3.05) is 18.6 Å². The van der Waals surface area contributed by atoms with E-state index in [4.69, 9.17) is 10.1 Å². The Morgan fingerprint density at radius 2 is 1.97 bits per heavy atom. The molecule has 0 saturated heterocycles. The second kappa shape index (κ2) is 9.43. The highest BCUT2D eigenvalue weighted by Gasteiger charge is 2.24. The lowest BCUT2D eigenvalue weighted by molar-refractivity contribution is -0.118. The molecule has 0 fully saturated rings. The van der Waals surface area contributed by atoms with Crippen LogP contribution in [-0.4, -0.2) is 31.1 Å². The summed E-state index contributed by atoms with van der Waals surface area (Å²) in [7, 11) is 1.57. The minimum atomic E-state index is -0.290. The summed E-state index contributed by atoms with van der Waals surface area (Å²) in [6.45, 7) is 2.63. The zero-order valence-corrected chi connectivity index (χ0v) is 18.9. The Balaban J connectivity index is 1.44. The molecular weight excluding hydrogens is 420 g/mol. The number of methoxy groups -OCH3 is 1. The van der Waals surface area contributed by atoms with Gasteiger partial charge in [-0.2, -0.15) is 0 Å². The minimum Gasteiger partial charge on any atom is -0.497 e. The summed E-state index contributed by atoms with van der Waals surface area (Å²) in [5, 5.41) is 10.2. The molecule has 5 nitrogen and oxygen atoms in total. The number of fused-ring (bicyclic) bond motifs is 1. The maximum absolute atomic E-state index is 12.5. The molecule has 1 amide bonds. The van der Waals surface area contributed by atoms with Crippen molar-refractivity contribution < 1.29 is 14.3 Å². The van der Waals surface area contributed by atoms with Gasteiger partial charge < -0.3 is 15.0 Å². The molecule has 2 aromatic carbocycles. The van der Waals surface area contributed by atoms with Crippen LogP contribution in [0.1, 0.15) is 41.3 Å². The number of carbonyl (C=O) groups is 2. The molecule has 2 heterocycles. The molecule has 32 heavy (non-hydrogen) atoms. The largest absolute Gasteiger partial charge is 0.497 e. The molecule has 6 heteroatoms. The molecule has 1 N–H and O–H groups in total. The van der Waals surface area contributed by atoms with Crippen LogP contribution in [0.2, 0.25) is 0 Å². The lowest BCUT2D eigenvalue weighted by Crippen LogP contribution is -2.27. The van der Waals surface area contributed by atoms with Crippen molar-refractivity contribution >= 4 is 40.4 Å². The third-order valence-electron chi connectivity index (χ3n) is 5.59. The van der Waals surface area contributed by atoms with Gasteiger partial charge >= 0.3 is 0 Å². The average molecular weight is 445 g/mol. The predicted molar refractivity (Wildman–Crippen MR) is 130 cm³/mol. The normalized spacial score (nSPS) is 14.5. The van der Waals surface area contributed by atoms with Crippen molar-refractivity contribution in [2.45, 2.75) is 26.2 Å². The Kier molecular flexibility index (Phi) is 6.45. The number of nitrogens with one attached hydrogen (secondary N) is 1. The molecule has 2 aromatic rings. The van der Waals surface area contributed by atoms with Gasteiger partial charge in [-0.05, 0) is 71.0 Å². The molecule has 0 saturated carbocycles. The van der Waals surface area contributed by atoms with Crippen molar-refractivity contribution in [1.82, 2.24) is 0 Å². The second-order valence-electron chi connectivity index (χ2n) is 7.61. The maximum atomic E-state index is 12.5. The highest BCUT2D eigenvalue weighted by atomic mass is 32.2. The first kappa shape index (κ1) is 21.9. The van der Waals surface area contributed by atoms with Gasteiger partial charge in [0, 0.05) is 35.5 Å². The summed E-state index contributed by atoms with van der Waals surface area (Å²) in [5.74, 6) is 0.542. The van der Waals surface area contributed by atoms with E-state index in [9.17, 15) is 9.59 Å². The summed E-state index contributed by atoms with van der Waals surface area (Å²) in [4.78, 5) is 27.3. The first-order valence-electron chi connectivity index (χ1n) is 10.5. The number of hydrogen-bond donors (Lipinski definition) is 1. The quantitative estimate of drug-likeness (QED) is 0.352. The first-order valence-corrected chi connectivity index (χ1v) is 11.4. The van der Waals surface area contributed by atoms with Crippen LogP contribution >= 0.6 is 11.8 Å². The lowest BCUT2D eigenvalue weighted by atomic mass is 10.0. The zero-order valence-electron chi connectivity index (χ0n) is 18.1. The Labute approximate surface area is 192 Å². The van der Waals surface area contributed by atoms with E-state index in [1.165, 1.54) is 17.3 Å². The Hall–Kier alpha value is -3.34. The van der Waals surface area contributed by atoms with Crippen molar-refractivity contribution in [3.05, 3.63) is 81.3 Å². The molecule has 0 aliphatic carbocycles. The summed E-state index contributed by atoms with van der Waals surface area (Å²) < 4.78 is 5.11. The Morgan fingerprint density at radius 1 is 1.19 bits per heavy atom. The van der Waals surface area contributed by atoms with Crippen molar-refractivity contribution in [1.29, 1.82) is 5.41 Å². The summed E-state index contributed by atoms with van der Waals surface area (Å²) in [6, 6.07) is 13.0. The number of rotatable bonds is 7. The van der Waals surface area contributed by atoms with Crippen molar-refractivity contribution in [2.24, 2.45) is 0 Å². The van der Waals surface area contributed by atoms with Crippen LogP contribution in [0, 0.1) is 5.41 Å². The first-order chi connectivity index (χ1) is 15.5. The SMILES string of the molecule is CCC(=O)N1CCc2cc(C3=CSC(CC(=N)C(=O)c4ccc(OC)cc4)=C=C3)ccc21. The second-order valence-corrected chi connectivity index (χ2v) is 8.57. The van der Waals surface area contributed by atoms with Crippen LogP contribution in [0.3, 0.4) is 0 Å². The number of thioether (sulfide) groups is 1. The number of amides is 1. The molecule has 0 unspecified atom stereocenters. The predicted octanol–water partition coefficient (Wildman–Crippen LogP) is 5.41. The molecule has 0 spiro atoms. The van der Waals surface area contributed by atoms with Crippen LogP contribution in [0.4, 0.5) is 5.69 Å². The van der Waals surface area contributed by atoms with Gasteiger partial charge in [0.25, 0.3) is 0 Å². The number of nitrogens with zero attached hydrogens (tertiary/aromatic N) is 1. The fourth-order valence-corrected chi connectivity index (χ4v) is 4.62. The number of Topliss-reactive ketones (excluding diaryl/α,β-unsaturated/α-hetero) is 1. The fourth-order valence-electron chi connectivity index (χ4n) is 3.79. The van der Waals surface area contributed by atoms with E-state index in [1.54, 1.807) is 31.4 Å². The maximum Gasteiger partial charge on any atom is 0.226 e. The number of ether oxygens (including phenoxy) is 1. The van der Waals surface area contributed by atoms with Gasteiger partial charge in [0.05, 0.1) is 12.8 Å². The van der Waals surface area contributed by atoms with E-state index in [0.717, 1.165) is 34.7 Å². The van der Waals surface area contributed by atoms with E-state index in [1.807, 2.05) is 35.4 Å². The molecule has 0 radical (unpaired) electrons. The standard InChI is InChI=1S/C26H24N2O3S/c1-3-25(29)28-13-12-19-14-18(7-11-24(19)28)20-6-10-22(32-16-20)15-23(27)26(30)17-4-8-21(31-2)9-5-17/h4-9,11,14,16,27H,3,12-13,15H2,1-2H3. The van der Waals surface area contributed by atoms with E-state index in [2.05, 4.69) is 11.8 Å². The van der Waals surface area contributed by atoms with Gasteiger partial charge in [-0.3, -0.25) is 9.59 Å². The number of anilines is 1. The molecular formula is C26H24N2O3S. The van der Waals surface area contributed by atoms with E-state index < -0.39 is 0 Å². The number of ketones is 1. The van der Waals surface area contributed by atoms with Crippen LogP contribution in [-0.2, 0) is 11.2 Å². The van der Waals surface area contributed by atoms with E-state index >= 15 is 0 Å². The van der Waals surface area contributed by atoms with Gasteiger partial charge in [0.2, 0.25) is 11.7 Å². The van der Waals surface area contributed by atoms with Crippen LogP contribution in [0.15, 0.2) is 64.6 Å². The third kappa shape index (κ3) is 4.47. The van der Waals surface area contributed by atoms with Crippen LogP contribution in [0.25, 0.3) is 5.57 Å². The number of carbonyl (C=O) groups excluding carboxylic acids is 2. The van der Waals surface area contributed by atoms with Crippen LogP contribution in [0.5, 0.6) is 5.75 Å². The molecule has 2 aliphatic rings. The molecule has 0 aromatic heterocycles. The number of benzene rings is 2. The monoisotopic (exact) mass is 444 g/mol. The number of hydrogen-bond acceptors (Lipinski definition) is 5. The topological polar surface area (TPSA) is 70.5 Å². The zero-order chi connectivity index (χ0) is 22.7. The van der Waals surface area contributed by atoms with Crippen LogP contribution < -0.4 is 9.64 Å². The third-order valence-corrected chi connectivity index (χ3v) is 6.51. The van der Waals surface area contributed by atoms with Gasteiger partial charge in [-0.15, -0.1) is 5.73 Å². The lowest BCUT2D eigenvalue weighted by Gasteiger charge is -2.17. The molecule has 4 rings (SSSR count). The van der Waals surface area contributed by atoms with Gasteiger partial charge in [-0.1, -0.05) is 24.8 Å². The highest BCUT2D eigenvalue weighted by molar-refractivity contribution is 8.06. The van der Waals surface area contributed by atoms with Crippen molar-refractivity contribution in [3.63, 3.8) is 0 Å². The average Bonchev–Trinajstić information content (AvgIpc) is 3.27. The fraction of sp³-hybridized carbons (Fsp3) is 0.231. The summed E-state index contributed by atoms with van der Waals surface area (Å²) in [6.07, 6.45) is 3.52. The van der Waals surface area contributed by atoms with Crippen molar-refractivity contribution in [3.8, 4) is 5.75 Å². The Bertz CT molecular complexity index is 1190. The van der Waals surface area contributed by atoms with Gasteiger partial charge in [0.15, 0.2) is 0 Å². The molecule has 162 valence electrons. The molecule has 0 bridgehead atoms. The van der Waals surface area contributed by atoms with E-state index in [-0.39, 0.29) is 23.8 Å². The Morgan fingerprint density at radius 3 is 2.62 bits per heavy atom. The minimum absolute atomic E-state index is 0.0358.